The van der Waals surface area contributed by atoms with Gasteiger partial charge in [0.1, 0.15) is 11.6 Å². The lowest BCUT2D eigenvalue weighted by Crippen LogP contribution is -2.23. The molecule has 2 nitrogen and oxygen atoms in total. The molecule has 1 saturated heterocycles. The van der Waals surface area contributed by atoms with Crippen LogP contribution in [0.2, 0.25) is 0 Å². The Kier molecular flexibility index (Phi) is 4.70. The molecule has 1 unspecified atom stereocenters. The molecule has 0 bridgehead atoms. The highest BCUT2D eigenvalue weighted by atomic mass is 79.9. The summed E-state index contributed by atoms with van der Waals surface area (Å²) in [6, 6.07) is 1.91. The van der Waals surface area contributed by atoms with Crippen molar-refractivity contribution in [3.63, 3.8) is 0 Å². The van der Waals surface area contributed by atoms with Gasteiger partial charge in [-0.2, -0.15) is 0 Å². The fourth-order valence-electron chi connectivity index (χ4n) is 2.37. The number of benzene rings is 1. The second-order valence-corrected chi connectivity index (χ2v) is 5.60. The predicted molar refractivity (Wildman–Crippen MR) is 69.1 cm³/mol. The molecule has 1 aromatic rings. The Balaban J connectivity index is 2.10. The van der Waals surface area contributed by atoms with Crippen molar-refractivity contribution in [2.75, 3.05) is 13.2 Å². The van der Waals surface area contributed by atoms with Gasteiger partial charge in [0.25, 0.3) is 0 Å². The van der Waals surface area contributed by atoms with Crippen LogP contribution >= 0.6 is 15.9 Å². The fourth-order valence-corrected chi connectivity index (χ4v) is 2.77. The number of halogens is 3. The summed E-state index contributed by atoms with van der Waals surface area (Å²) in [5.74, 6) is -0.779. The maximum atomic E-state index is 13.7. The summed E-state index contributed by atoms with van der Waals surface area (Å²) >= 11 is 3.06. The first kappa shape index (κ1) is 13.9. The first-order valence-corrected chi connectivity index (χ1v) is 6.85. The van der Waals surface area contributed by atoms with Gasteiger partial charge < -0.3 is 10.5 Å². The SMILES string of the molecule is NC(CC1CCOCC1)c1c(F)cc(Br)cc1F. The third kappa shape index (κ3) is 3.28. The van der Waals surface area contributed by atoms with Gasteiger partial charge in [-0.15, -0.1) is 0 Å². The van der Waals surface area contributed by atoms with Gasteiger partial charge in [0.05, 0.1) is 0 Å². The number of hydrogen-bond donors (Lipinski definition) is 1. The average molecular weight is 320 g/mol. The molecule has 0 saturated carbocycles. The van der Waals surface area contributed by atoms with Crippen LogP contribution in [-0.4, -0.2) is 13.2 Å². The molecule has 1 aliphatic rings. The van der Waals surface area contributed by atoms with Gasteiger partial charge >= 0.3 is 0 Å². The smallest absolute Gasteiger partial charge is 0.132 e. The van der Waals surface area contributed by atoms with Gasteiger partial charge in [-0.25, -0.2) is 8.78 Å². The molecule has 0 aliphatic carbocycles. The summed E-state index contributed by atoms with van der Waals surface area (Å²) in [5.41, 5.74) is 5.93. The molecule has 1 heterocycles. The van der Waals surface area contributed by atoms with E-state index < -0.39 is 17.7 Å². The second kappa shape index (κ2) is 6.08. The van der Waals surface area contributed by atoms with Gasteiger partial charge in [0.2, 0.25) is 0 Å². The van der Waals surface area contributed by atoms with E-state index in [4.69, 9.17) is 10.5 Å². The molecule has 1 aliphatic heterocycles. The summed E-state index contributed by atoms with van der Waals surface area (Å²) in [5, 5.41) is 0. The highest BCUT2D eigenvalue weighted by Gasteiger charge is 2.22. The van der Waals surface area contributed by atoms with Crippen molar-refractivity contribution < 1.29 is 13.5 Å². The minimum absolute atomic E-state index is 0.00954. The molecule has 1 aromatic carbocycles. The third-order valence-electron chi connectivity index (χ3n) is 3.34. The van der Waals surface area contributed by atoms with Gasteiger partial charge in [0.15, 0.2) is 0 Å². The highest BCUT2D eigenvalue weighted by Crippen LogP contribution is 2.30. The number of nitrogens with two attached hydrogens (primary N) is 1. The second-order valence-electron chi connectivity index (χ2n) is 4.68. The highest BCUT2D eigenvalue weighted by molar-refractivity contribution is 9.10. The van der Waals surface area contributed by atoms with Crippen LogP contribution in [0.5, 0.6) is 0 Å². The summed E-state index contributed by atoms with van der Waals surface area (Å²) in [6.45, 7) is 1.42. The molecule has 2 N–H and O–H groups in total. The fraction of sp³-hybridized carbons (Fsp3) is 0.538. The Hall–Kier alpha value is -0.520. The largest absolute Gasteiger partial charge is 0.381 e. The summed E-state index contributed by atoms with van der Waals surface area (Å²) in [7, 11) is 0. The summed E-state index contributed by atoms with van der Waals surface area (Å²) < 4.78 is 33.1. The van der Waals surface area contributed by atoms with Crippen LogP contribution in [-0.2, 0) is 4.74 Å². The minimum Gasteiger partial charge on any atom is -0.381 e. The molecular formula is C13H16BrF2NO. The lowest BCUT2D eigenvalue weighted by molar-refractivity contribution is 0.0616. The zero-order valence-electron chi connectivity index (χ0n) is 9.96. The molecule has 18 heavy (non-hydrogen) atoms. The van der Waals surface area contributed by atoms with Crippen LogP contribution in [0.4, 0.5) is 8.78 Å². The molecule has 0 spiro atoms. The Morgan fingerprint density at radius 1 is 1.28 bits per heavy atom. The van der Waals surface area contributed by atoms with Crippen LogP contribution in [0.15, 0.2) is 16.6 Å². The maximum absolute atomic E-state index is 13.7. The Morgan fingerprint density at radius 3 is 2.39 bits per heavy atom. The van der Waals surface area contributed by atoms with E-state index in [0.29, 0.717) is 30.0 Å². The van der Waals surface area contributed by atoms with E-state index in [1.165, 1.54) is 12.1 Å². The molecule has 1 atom stereocenters. The van der Waals surface area contributed by atoms with Crippen molar-refractivity contribution >= 4 is 15.9 Å². The van der Waals surface area contributed by atoms with Crippen LogP contribution in [0.3, 0.4) is 0 Å². The first-order chi connectivity index (χ1) is 8.58. The van der Waals surface area contributed by atoms with Crippen LogP contribution < -0.4 is 5.73 Å². The lowest BCUT2D eigenvalue weighted by atomic mass is 9.89. The van der Waals surface area contributed by atoms with E-state index in [0.717, 1.165) is 12.8 Å². The van der Waals surface area contributed by atoms with E-state index in [2.05, 4.69) is 15.9 Å². The van der Waals surface area contributed by atoms with Gasteiger partial charge in [0, 0.05) is 29.3 Å². The monoisotopic (exact) mass is 319 g/mol. The van der Waals surface area contributed by atoms with Crippen LogP contribution in [0.25, 0.3) is 0 Å². The molecular weight excluding hydrogens is 304 g/mol. The van der Waals surface area contributed by atoms with Crippen molar-refractivity contribution in [2.45, 2.75) is 25.3 Å². The van der Waals surface area contributed by atoms with E-state index >= 15 is 0 Å². The first-order valence-electron chi connectivity index (χ1n) is 6.05. The van der Waals surface area contributed by atoms with Crippen molar-refractivity contribution in [1.29, 1.82) is 0 Å². The van der Waals surface area contributed by atoms with Crippen LogP contribution in [0.1, 0.15) is 30.9 Å². The summed E-state index contributed by atoms with van der Waals surface area (Å²) in [6.07, 6.45) is 2.42. The van der Waals surface area contributed by atoms with Crippen molar-refractivity contribution in [2.24, 2.45) is 11.7 Å². The van der Waals surface area contributed by atoms with Crippen LogP contribution in [0, 0.1) is 17.6 Å². The zero-order chi connectivity index (χ0) is 13.1. The molecule has 100 valence electrons. The standard InChI is InChI=1S/C13H16BrF2NO/c14-9-6-10(15)13(11(16)7-9)12(17)5-8-1-3-18-4-2-8/h6-8,12H,1-5,17H2. The van der Waals surface area contributed by atoms with E-state index in [-0.39, 0.29) is 5.56 Å². The van der Waals surface area contributed by atoms with Crippen molar-refractivity contribution in [3.05, 3.63) is 33.8 Å². The lowest BCUT2D eigenvalue weighted by Gasteiger charge is -2.25. The van der Waals surface area contributed by atoms with Gasteiger partial charge in [-0.3, -0.25) is 0 Å². The number of ether oxygens (including phenoxy) is 1. The average Bonchev–Trinajstić information content (AvgIpc) is 2.28. The topological polar surface area (TPSA) is 35.2 Å². The molecule has 0 aromatic heterocycles. The number of rotatable bonds is 3. The van der Waals surface area contributed by atoms with Crippen molar-refractivity contribution in [3.8, 4) is 0 Å². The molecule has 1 fully saturated rings. The minimum atomic E-state index is -0.596. The van der Waals surface area contributed by atoms with Gasteiger partial charge in [-0.05, 0) is 37.3 Å². The van der Waals surface area contributed by atoms with E-state index in [1.54, 1.807) is 0 Å². The molecule has 0 radical (unpaired) electrons. The van der Waals surface area contributed by atoms with Gasteiger partial charge in [-0.1, -0.05) is 15.9 Å². The van der Waals surface area contributed by atoms with E-state index in [9.17, 15) is 8.78 Å². The van der Waals surface area contributed by atoms with Crippen molar-refractivity contribution in [1.82, 2.24) is 0 Å². The molecule has 2 rings (SSSR count). The number of hydrogen-bond acceptors (Lipinski definition) is 2. The zero-order valence-corrected chi connectivity index (χ0v) is 11.6. The Bertz CT molecular complexity index is 398. The van der Waals surface area contributed by atoms with E-state index in [1.807, 2.05) is 0 Å². The quantitative estimate of drug-likeness (QED) is 0.924. The normalized spacial score (nSPS) is 18.9. The predicted octanol–water partition coefficient (Wildman–Crippen LogP) is 3.54. The summed E-state index contributed by atoms with van der Waals surface area (Å²) in [4.78, 5) is 0. The Labute approximate surface area is 114 Å². The third-order valence-corrected chi connectivity index (χ3v) is 3.80. The molecule has 5 heteroatoms. The molecule has 0 amide bonds. The maximum Gasteiger partial charge on any atom is 0.132 e. The Morgan fingerprint density at radius 2 is 1.83 bits per heavy atom.